The highest BCUT2D eigenvalue weighted by Crippen LogP contribution is 2.38. The molecule has 1 aromatic carbocycles. The lowest BCUT2D eigenvalue weighted by molar-refractivity contribution is 0.148. The summed E-state index contributed by atoms with van der Waals surface area (Å²) in [6, 6.07) is 9.25. The third-order valence-electron chi connectivity index (χ3n) is 4.15. The predicted octanol–water partition coefficient (Wildman–Crippen LogP) is 4.75. The molecule has 1 saturated carbocycles. The number of rotatable bonds is 3. The van der Waals surface area contributed by atoms with Crippen LogP contribution in [0.2, 0.25) is 0 Å². The van der Waals surface area contributed by atoms with Gasteiger partial charge in [0.1, 0.15) is 0 Å². The third-order valence-corrected chi connectivity index (χ3v) is 4.64. The predicted molar refractivity (Wildman–Crippen MR) is 81.6 cm³/mol. The van der Waals surface area contributed by atoms with E-state index in [-0.39, 0.29) is 0 Å². The van der Waals surface area contributed by atoms with Gasteiger partial charge in [0.05, 0.1) is 0 Å². The summed E-state index contributed by atoms with van der Waals surface area (Å²) in [6.45, 7) is 8.16. The summed E-state index contributed by atoms with van der Waals surface area (Å²) in [6.07, 6.45) is 3.98. The van der Waals surface area contributed by atoms with Gasteiger partial charge in [0.2, 0.25) is 0 Å². The van der Waals surface area contributed by atoms with E-state index in [2.05, 4.69) is 66.3 Å². The van der Waals surface area contributed by atoms with Crippen molar-refractivity contribution < 1.29 is 0 Å². The quantitative estimate of drug-likeness (QED) is 0.849. The molecule has 2 unspecified atom stereocenters. The highest BCUT2D eigenvalue weighted by Gasteiger charge is 2.31. The first-order valence-corrected chi connectivity index (χ1v) is 7.73. The first kappa shape index (κ1) is 14.1. The highest BCUT2D eigenvalue weighted by atomic mass is 79.9. The van der Waals surface area contributed by atoms with Crippen molar-refractivity contribution in [2.24, 2.45) is 11.3 Å². The van der Waals surface area contributed by atoms with Crippen LogP contribution in [0.5, 0.6) is 0 Å². The molecule has 18 heavy (non-hydrogen) atoms. The van der Waals surface area contributed by atoms with Crippen LogP contribution in [0.3, 0.4) is 0 Å². The maximum Gasteiger partial charge on any atom is 0.0208 e. The first-order chi connectivity index (χ1) is 8.46. The standard InChI is InChI=1S/C16H24BrN/c1-12-10-16(2,3)8-7-15(12)18-11-13-5-4-6-14(17)9-13/h4-6,9,12,15,18H,7-8,10-11H2,1-3H3. The van der Waals surface area contributed by atoms with Gasteiger partial charge in [-0.3, -0.25) is 0 Å². The molecule has 0 amide bonds. The van der Waals surface area contributed by atoms with Crippen molar-refractivity contribution >= 4 is 15.9 Å². The molecular weight excluding hydrogens is 286 g/mol. The van der Waals surface area contributed by atoms with Crippen LogP contribution in [-0.4, -0.2) is 6.04 Å². The number of benzene rings is 1. The highest BCUT2D eigenvalue weighted by molar-refractivity contribution is 9.10. The van der Waals surface area contributed by atoms with Gasteiger partial charge in [-0.05, 0) is 48.3 Å². The van der Waals surface area contributed by atoms with Crippen LogP contribution < -0.4 is 5.32 Å². The van der Waals surface area contributed by atoms with E-state index in [0.29, 0.717) is 11.5 Å². The summed E-state index contributed by atoms with van der Waals surface area (Å²) in [7, 11) is 0. The molecule has 0 bridgehead atoms. The van der Waals surface area contributed by atoms with Crippen LogP contribution in [-0.2, 0) is 6.54 Å². The zero-order valence-electron chi connectivity index (χ0n) is 11.7. The monoisotopic (exact) mass is 309 g/mol. The Morgan fingerprint density at radius 3 is 2.83 bits per heavy atom. The summed E-state index contributed by atoms with van der Waals surface area (Å²) >= 11 is 3.53. The lowest BCUT2D eigenvalue weighted by atomic mass is 9.70. The second-order valence-electron chi connectivity index (χ2n) is 6.50. The molecule has 1 fully saturated rings. The molecule has 0 aliphatic heterocycles. The molecule has 100 valence electrons. The van der Waals surface area contributed by atoms with Gasteiger partial charge in [-0.25, -0.2) is 0 Å². The third kappa shape index (κ3) is 3.83. The van der Waals surface area contributed by atoms with Crippen LogP contribution in [0.15, 0.2) is 28.7 Å². The average Bonchev–Trinajstić information content (AvgIpc) is 2.27. The SMILES string of the molecule is CC1CC(C)(C)CCC1NCc1cccc(Br)c1. The Morgan fingerprint density at radius 1 is 1.39 bits per heavy atom. The van der Waals surface area contributed by atoms with Crippen LogP contribution in [0.4, 0.5) is 0 Å². The maximum absolute atomic E-state index is 3.73. The van der Waals surface area contributed by atoms with Crippen molar-refractivity contribution in [1.82, 2.24) is 5.32 Å². The fourth-order valence-electron chi connectivity index (χ4n) is 3.15. The van der Waals surface area contributed by atoms with Gasteiger partial charge in [-0.2, -0.15) is 0 Å². The fraction of sp³-hybridized carbons (Fsp3) is 0.625. The van der Waals surface area contributed by atoms with Gasteiger partial charge in [0.25, 0.3) is 0 Å². The van der Waals surface area contributed by atoms with Gasteiger partial charge in [0, 0.05) is 17.1 Å². The molecule has 0 spiro atoms. The van der Waals surface area contributed by atoms with Gasteiger partial charge < -0.3 is 5.32 Å². The Bertz CT molecular complexity index is 400. The van der Waals surface area contributed by atoms with E-state index < -0.39 is 0 Å². The van der Waals surface area contributed by atoms with E-state index in [0.717, 1.165) is 12.5 Å². The molecule has 2 atom stereocenters. The lowest BCUT2D eigenvalue weighted by Crippen LogP contribution is -2.41. The second kappa shape index (κ2) is 5.75. The largest absolute Gasteiger partial charge is 0.310 e. The normalized spacial score (nSPS) is 27.1. The smallest absolute Gasteiger partial charge is 0.0208 e. The number of hydrogen-bond acceptors (Lipinski definition) is 1. The van der Waals surface area contributed by atoms with Crippen LogP contribution in [0.25, 0.3) is 0 Å². The van der Waals surface area contributed by atoms with E-state index in [1.807, 2.05) is 0 Å². The Labute approximate surface area is 119 Å². The molecular formula is C16H24BrN. The van der Waals surface area contributed by atoms with Crippen molar-refractivity contribution in [3.8, 4) is 0 Å². The fourth-order valence-corrected chi connectivity index (χ4v) is 3.59. The molecule has 1 aliphatic rings. The molecule has 0 heterocycles. The van der Waals surface area contributed by atoms with Crippen molar-refractivity contribution in [1.29, 1.82) is 0 Å². The second-order valence-corrected chi connectivity index (χ2v) is 7.42. The molecule has 0 radical (unpaired) electrons. The van der Waals surface area contributed by atoms with Crippen molar-refractivity contribution in [3.63, 3.8) is 0 Å². The number of nitrogens with one attached hydrogen (secondary N) is 1. The van der Waals surface area contributed by atoms with Crippen LogP contribution in [0, 0.1) is 11.3 Å². The van der Waals surface area contributed by atoms with Crippen molar-refractivity contribution in [2.45, 2.75) is 52.6 Å². The van der Waals surface area contributed by atoms with Gasteiger partial charge in [0.15, 0.2) is 0 Å². The van der Waals surface area contributed by atoms with Gasteiger partial charge in [-0.1, -0.05) is 48.8 Å². The maximum atomic E-state index is 3.73. The molecule has 0 aromatic heterocycles. The minimum absolute atomic E-state index is 0.535. The first-order valence-electron chi connectivity index (χ1n) is 6.94. The summed E-state index contributed by atoms with van der Waals surface area (Å²) in [5, 5.41) is 3.73. The lowest BCUT2D eigenvalue weighted by Gasteiger charge is -2.39. The van der Waals surface area contributed by atoms with Gasteiger partial charge >= 0.3 is 0 Å². The minimum Gasteiger partial charge on any atom is -0.310 e. The van der Waals surface area contributed by atoms with Crippen LogP contribution >= 0.6 is 15.9 Å². The average molecular weight is 310 g/mol. The summed E-state index contributed by atoms with van der Waals surface area (Å²) in [5.41, 5.74) is 1.90. The Hall–Kier alpha value is -0.340. The molecule has 2 rings (SSSR count). The Morgan fingerprint density at radius 2 is 2.17 bits per heavy atom. The number of halogens is 1. The molecule has 1 N–H and O–H groups in total. The zero-order chi connectivity index (χ0) is 13.2. The van der Waals surface area contributed by atoms with Gasteiger partial charge in [-0.15, -0.1) is 0 Å². The molecule has 0 saturated heterocycles. The molecule has 1 aliphatic carbocycles. The summed E-state index contributed by atoms with van der Waals surface area (Å²) in [5.74, 6) is 0.779. The van der Waals surface area contributed by atoms with E-state index in [4.69, 9.17) is 0 Å². The molecule has 2 heteroatoms. The van der Waals surface area contributed by atoms with Crippen molar-refractivity contribution in [2.75, 3.05) is 0 Å². The van der Waals surface area contributed by atoms with Crippen LogP contribution in [0.1, 0.15) is 45.6 Å². The summed E-state index contributed by atoms with van der Waals surface area (Å²) in [4.78, 5) is 0. The zero-order valence-corrected chi connectivity index (χ0v) is 13.3. The number of hydrogen-bond donors (Lipinski definition) is 1. The topological polar surface area (TPSA) is 12.0 Å². The Kier molecular flexibility index (Phi) is 4.50. The van der Waals surface area contributed by atoms with E-state index in [9.17, 15) is 0 Å². The Balaban J connectivity index is 1.87. The summed E-state index contributed by atoms with van der Waals surface area (Å²) < 4.78 is 1.17. The van der Waals surface area contributed by atoms with E-state index in [1.165, 1.54) is 29.3 Å². The molecule has 1 aromatic rings. The minimum atomic E-state index is 0.535. The van der Waals surface area contributed by atoms with E-state index >= 15 is 0 Å². The van der Waals surface area contributed by atoms with E-state index in [1.54, 1.807) is 0 Å². The van der Waals surface area contributed by atoms with Crippen molar-refractivity contribution in [3.05, 3.63) is 34.3 Å². The molecule has 1 nitrogen and oxygen atoms in total.